The molecule has 138 valence electrons. The van der Waals surface area contributed by atoms with Gasteiger partial charge in [0.2, 0.25) is 0 Å². The third kappa shape index (κ3) is 4.37. The van der Waals surface area contributed by atoms with Gasteiger partial charge in [0, 0.05) is 44.5 Å². The first-order valence-electron chi connectivity index (χ1n) is 9.44. The smallest absolute Gasteiger partial charge is 0.134 e. The van der Waals surface area contributed by atoms with Gasteiger partial charge in [-0.2, -0.15) is 0 Å². The summed E-state index contributed by atoms with van der Waals surface area (Å²) >= 11 is 0. The van der Waals surface area contributed by atoms with Gasteiger partial charge in [0.15, 0.2) is 0 Å². The third-order valence-electron chi connectivity index (χ3n) is 4.93. The van der Waals surface area contributed by atoms with E-state index in [1.165, 1.54) is 16.8 Å². The number of nitrogens with one attached hydrogen (secondary N) is 1. The van der Waals surface area contributed by atoms with Gasteiger partial charge in [-0.3, -0.25) is 0 Å². The topological polar surface area (TPSA) is 44.3 Å². The first-order chi connectivity index (χ1) is 13.3. The second-order valence-corrected chi connectivity index (χ2v) is 6.91. The average Bonchev–Trinajstić information content (AvgIpc) is 2.73. The molecule has 0 spiro atoms. The molecule has 4 rings (SSSR count). The number of benzene rings is 2. The second kappa shape index (κ2) is 8.08. The highest BCUT2D eigenvalue weighted by molar-refractivity contribution is 5.52. The molecule has 1 aliphatic heterocycles. The van der Waals surface area contributed by atoms with Crippen molar-refractivity contribution in [2.45, 2.75) is 13.5 Å². The van der Waals surface area contributed by atoms with Crippen LogP contribution in [0.1, 0.15) is 11.1 Å². The molecule has 2 aromatic carbocycles. The lowest BCUT2D eigenvalue weighted by molar-refractivity contribution is 0.647. The van der Waals surface area contributed by atoms with Crippen LogP contribution < -0.4 is 15.1 Å². The minimum Gasteiger partial charge on any atom is -0.368 e. The van der Waals surface area contributed by atoms with Crippen LogP contribution in [0.15, 0.2) is 67.0 Å². The Morgan fingerprint density at radius 1 is 0.852 bits per heavy atom. The largest absolute Gasteiger partial charge is 0.368 e. The fraction of sp³-hybridized carbons (Fsp3) is 0.273. The van der Waals surface area contributed by atoms with Crippen LogP contribution >= 0.6 is 0 Å². The molecule has 5 heteroatoms. The minimum absolute atomic E-state index is 0.764. The Balaban J connectivity index is 1.37. The van der Waals surface area contributed by atoms with E-state index in [-0.39, 0.29) is 0 Å². The van der Waals surface area contributed by atoms with Crippen LogP contribution in [-0.4, -0.2) is 36.1 Å². The number of para-hydroxylation sites is 1. The molecular formula is C22H25N5. The molecule has 0 atom stereocenters. The Kier molecular flexibility index (Phi) is 5.19. The summed E-state index contributed by atoms with van der Waals surface area (Å²) in [6.45, 7) is 6.80. The number of aromatic nitrogens is 2. The maximum absolute atomic E-state index is 4.49. The maximum Gasteiger partial charge on any atom is 0.134 e. The summed E-state index contributed by atoms with van der Waals surface area (Å²) in [6.07, 6.45) is 1.65. The molecule has 0 aliphatic carbocycles. The van der Waals surface area contributed by atoms with Gasteiger partial charge < -0.3 is 15.1 Å². The number of piperazine rings is 1. The molecule has 1 aliphatic rings. The van der Waals surface area contributed by atoms with E-state index in [1.807, 2.05) is 6.07 Å². The van der Waals surface area contributed by atoms with E-state index in [2.05, 4.69) is 86.6 Å². The molecule has 0 radical (unpaired) electrons. The van der Waals surface area contributed by atoms with Crippen molar-refractivity contribution >= 4 is 17.3 Å². The Bertz CT molecular complexity index is 873. The SMILES string of the molecule is Cc1cccc(CNc2cc(N3CCN(c4ccccc4)CC3)ncn2)c1. The van der Waals surface area contributed by atoms with E-state index in [4.69, 9.17) is 0 Å². The Labute approximate surface area is 160 Å². The molecule has 1 aromatic heterocycles. The zero-order chi connectivity index (χ0) is 18.5. The lowest BCUT2D eigenvalue weighted by Crippen LogP contribution is -2.46. The first-order valence-corrected chi connectivity index (χ1v) is 9.44. The highest BCUT2D eigenvalue weighted by Gasteiger charge is 2.18. The van der Waals surface area contributed by atoms with Crippen LogP contribution in [0.2, 0.25) is 0 Å². The van der Waals surface area contributed by atoms with Gasteiger partial charge in [-0.15, -0.1) is 0 Å². The van der Waals surface area contributed by atoms with Crippen molar-refractivity contribution in [3.05, 3.63) is 78.1 Å². The van der Waals surface area contributed by atoms with Gasteiger partial charge >= 0.3 is 0 Å². The molecule has 3 aromatic rings. The summed E-state index contributed by atoms with van der Waals surface area (Å²) in [5.74, 6) is 1.86. The molecule has 5 nitrogen and oxygen atoms in total. The Morgan fingerprint density at radius 2 is 1.63 bits per heavy atom. The highest BCUT2D eigenvalue weighted by atomic mass is 15.3. The van der Waals surface area contributed by atoms with Crippen LogP contribution in [0.3, 0.4) is 0 Å². The molecule has 2 heterocycles. The van der Waals surface area contributed by atoms with Crippen LogP contribution in [-0.2, 0) is 6.54 Å². The van der Waals surface area contributed by atoms with Crippen LogP contribution in [0.5, 0.6) is 0 Å². The van der Waals surface area contributed by atoms with E-state index < -0.39 is 0 Å². The number of hydrogen-bond donors (Lipinski definition) is 1. The van der Waals surface area contributed by atoms with Crippen LogP contribution in [0.4, 0.5) is 17.3 Å². The summed E-state index contributed by atoms with van der Waals surface area (Å²) in [7, 11) is 0. The Hall–Kier alpha value is -3.08. The van der Waals surface area contributed by atoms with Crippen molar-refractivity contribution in [1.29, 1.82) is 0 Å². The minimum atomic E-state index is 0.764. The van der Waals surface area contributed by atoms with Crippen molar-refractivity contribution in [2.75, 3.05) is 41.3 Å². The van der Waals surface area contributed by atoms with Gasteiger partial charge in [0.05, 0.1) is 0 Å². The van der Waals surface area contributed by atoms with E-state index in [1.54, 1.807) is 6.33 Å². The van der Waals surface area contributed by atoms with Crippen molar-refractivity contribution in [3.8, 4) is 0 Å². The molecule has 0 amide bonds. The summed E-state index contributed by atoms with van der Waals surface area (Å²) < 4.78 is 0. The molecule has 0 unspecified atom stereocenters. The van der Waals surface area contributed by atoms with Gasteiger partial charge in [-0.25, -0.2) is 9.97 Å². The van der Waals surface area contributed by atoms with Crippen LogP contribution in [0, 0.1) is 6.92 Å². The fourth-order valence-corrected chi connectivity index (χ4v) is 3.46. The molecule has 0 saturated carbocycles. The van der Waals surface area contributed by atoms with Crippen molar-refractivity contribution in [1.82, 2.24) is 9.97 Å². The lowest BCUT2D eigenvalue weighted by Gasteiger charge is -2.36. The van der Waals surface area contributed by atoms with Crippen molar-refractivity contribution in [2.24, 2.45) is 0 Å². The second-order valence-electron chi connectivity index (χ2n) is 6.91. The van der Waals surface area contributed by atoms with Gasteiger partial charge in [-0.1, -0.05) is 48.0 Å². The van der Waals surface area contributed by atoms with E-state index in [0.29, 0.717) is 0 Å². The van der Waals surface area contributed by atoms with E-state index in [0.717, 1.165) is 44.4 Å². The highest BCUT2D eigenvalue weighted by Crippen LogP contribution is 2.20. The Morgan fingerprint density at radius 3 is 2.41 bits per heavy atom. The molecule has 1 N–H and O–H groups in total. The number of nitrogens with zero attached hydrogens (tertiary/aromatic N) is 4. The molecule has 0 bridgehead atoms. The zero-order valence-corrected chi connectivity index (χ0v) is 15.7. The quantitative estimate of drug-likeness (QED) is 0.752. The summed E-state index contributed by atoms with van der Waals surface area (Å²) in [5, 5.41) is 3.41. The van der Waals surface area contributed by atoms with E-state index in [9.17, 15) is 0 Å². The molecular weight excluding hydrogens is 334 g/mol. The van der Waals surface area contributed by atoms with Gasteiger partial charge in [0.1, 0.15) is 18.0 Å². The number of hydrogen-bond acceptors (Lipinski definition) is 5. The van der Waals surface area contributed by atoms with Crippen molar-refractivity contribution in [3.63, 3.8) is 0 Å². The lowest BCUT2D eigenvalue weighted by atomic mass is 10.1. The first kappa shape index (κ1) is 17.3. The maximum atomic E-state index is 4.49. The number of aryl methyl sites for hydroxylation is 1. The van der Waals surface area contributed by atoms with Gasteiger partial charge in [-0.05, 0) is 24.6 Å². The molecule has 27 heavy (non-hydrogen) atoms. The summed E-state index contributed by atoms with van der Waals surface area (Å²) in [4.78, 5) is 13.6. The van der Waals surface area contributed by atoms with Crippen LogP contribution in [0.25, 0.3) is 0 Å². The summed E-state index contributed by atoms with van der Waals surface area (Å²) in [5.41, 5.74) is 3.82. The van der Waals surface area contributed by atoms with Gasteiger partial charge in [0.25, 0.3) is 0 Å². The number of rotatable bonds is 5. The predicted molar refractivity (Wildman–Crippen MR) is 111 cm³/mol. The zero-order valence-electron chi connectivity index (χ0n) is 15.7. The van der Waals surface area contributed by atoms with E-state index >= 15 is 0 Å². The fourth-order valence-electron chi connectivity index (χ4n) is 3.46. The van der Waals surface area contributed by atoms with Crippen molar-refractivity contribution < 1.29 is 0 Å². The standard InChI is InChI=1S/C22H25N5/c1-18-6-5-7-19(14-18)16-23-21-15-22(25-17-24-21)27-12-10-26(11-13-27)20-8-3-2-4-9-20/h2-9,14-15,17H,10-13,16H2,1H3,(H,23,24,25). The normalized spacial score (nSPS) is 14.3. The third-order valence-corrected chi connectivity index (χ3v) is 4.93. The molecule has 1 fully saturated rings. The molecule has 1 saturated heterocycles. The predicted octanol–water partition coefficient (Wildman–Crippen LogP) is 3.72. The monoisotopic (exact) mass is 359 g/mol. The average molecular weight is 359 g/mol. The summed E-state index contributed by atoms with van der Waals surface area (Å²) in [6, 6.07) is 21.2. The number of anilines is 3.